The van der Waals surface area contributed by atoms with Gasteiger partial charge in [0.2, 0.25) is 0 Å². The first-order valence-corrected chi connectivity index (χ1v) is 7.83. The first kappa shape index (κ1) is 16.6. The molecule has 0 aliphatic carbocycles. The van der Waals surface area contributed by atoms with Crippen LogP contribution in [0.3, 0.4) is 0 Å². The molecule has 0 aliphatic heterocycles. The van der Waals surface area contributed by atoms with Crippen LogP contribution in [0.2, 0.25) is 0 Å². The topological polar surface area (TPSA) is 56.8 Å². The van der Waals surface area contributed by atoms with Gasteiger partial charge in [0, 0.05) is 11.8 Å². The third-order valence-corrected chi connectivity index (χ3v) is 3.76. The molecule has 0 fully saturated rings. The molecular formula is C20H19NO4. The Balaban J connectivity index is 1.62. The summed E-state index contributed by atoms with van der Waals surface area (Å²) in [4.78, 5) is 12.1. The molecule has 5 nitrogen and oxygen atoms in total. The Morgan fingerprint density at radius 1 is 0.880 bits per heavy atom. The minimum Gasteiger partial charge on any atom is -0.493 e. The number of rotatable bonds is 6. The summed E-state index contributed by atoms with van der Waals surface area (Å²) in [7, 11) is 3.11. The molecule has 0 heterocycles. The van der Waals surface area contributed by atoms with Gasteiger partial charge in [0.15, 0.2) is 18.1 Å². The molecule has 0 atom stereocenters. The zero-order valence-electron chi connectivity index (χ0n) is 14.1. The number of amides is 1. The van der Waals surface area contributed by atoms with E-state index in [0.717, 1.165) is 10.8 Å². The second kappa shape index (κ2) is 7.57. The molecule has 0 saturated heterocycles. The molecule has 3 rings (SSSR count). The number of methoxy groups -OCH3 is 2. The van der Waals surface area contributed by atoms with E-state index in [0.29, 0.717) is 22.9 Å². The molecule has 0 bridgehead atoms. The van der Waals surface area contributed by atoms with Gasteiger partial charge in [-0.3, -0.25) is 4.79 Å². The molecule has 3 aromatic rings. The number of benzene rings is 3. The van der Waals surface area contributed by atoms with Crippen LogP contribution < -0.4 is 19.5 Å². The molecular weight excluding hydrogens is 318 g/mol. The van der Waals surface area contributed by atoms with Gasteiger partial charge in [-0.25, -0.2) is 0 Å². The molecule has 0 spiro atoms. The van der Waals surface area contributed by atoms with Gasteiger partial charge in [0.25, 0.3) is 5.91 Å². The van der Waals surface area contributed by atoms with Crippen LogP contribution in [0, 0.1) is 0 Å². The number of hydrogen-bond donors (Lipinski definition) is 1. The number of nitrogens with one attached hydrogen (secondary N) is 1. The maximum atomic E-state index is 12.1. The molecule has 0 radical (unpaired) electrons. The van der Waals surface area contributed by atoms with Gasteiger partial charge in [-0.05, 0) is 35.0 Å². The fourth-order valence-electron chi connectivity index (χ4n) is 2.52. The number of anilines is 1. The normalized spacial score (nSPS) is 10.3. The first-order valence-electron chi connectivity index (χ1n) is 7.83. The number of carbonyl (C=O) groups is 1. The first-order chi connectivity index (χ1) is 12.2. The number of ether oxygens (including phenoxy) is 3. The van der Waals surface area contributed by atoms with Gasteiger partial charge >= 0.3 is 0 Å². The monoisotopic (exact) mass is 337 g/mol. The highest BCUT2D eigenvalue weighted by molar-refractivity contribution is 5.92. The standard InChI is InChI=1S/C20H19NO4/c1-23-18-10-8-16(12-19(18)24-2)21-20(22)13-25-17-9-7-14-5-3-4-6-15(14)11-17/h3-12H,13H2,1-2H3,(H,21,22). The molecule has 25 heavy (non-hydrogen) atoms. The van der Waals surface area contributed by atoms with E-state index < -0.39 is 0 Å². The average molecular weight is 337 g/mol. The van der Waals surface area contributed by atoms with Gasteiger partial charge in [-0.1, -0.05) is 30.3 Å². The number of carbonyl (C=O) groups excluding carboxylic acids is 1. The van der Waals surface area contributed by atoms with Crippen molar-refractivity contribution >= 4 is 22.4 Å². The smallest absolute Gasteiger partial charge is 0.262 e. The number of hydrogen-bond acceptors (Lipinski definition) is 4. The highest BCUT2D eigenvalue weighted by atomic mass is 16.5. The minimum absolute atomic E-state index is 0.0767. The molecule has 1 N–H and O–H groups in total. The minimum atomic E-state index is -0.250. The summed E-state index contributed by atoms with van der Waals surface area (Å²) in [6.07, 6.45) is 0. The van der Waals surface area contributed by atoms with Crippen LogP contribution in [0.5, 0.6) is 17.2 Å². The molecule has 0 aromatic heterocycles. The van der Waals surface area contributed by atoms with E-state index in [1.165, 1.54) is 0 Å². The summed E-state index contributed by atoms with van der Waals surface area (Å²) in [5.41, 5.74) is 0.616. The fraction of sp³-hybridized carbons (Fsp3) is 0.150. The molecule has 5 heteroatoms. The molecule has 0 unspecified atom stereocenters. The third-order valence-electron chi connectivity index (χ3n) is 3.76. The predicted molar refractivity (Wildman–Crippen MR) is 97.6 cm³/mol. The lowest BCUT2D eigenvalue weighted by molar-refractivity contribution is -0.118. The fourth-order valence-corrected chi connectivity index (χ4v) is 2.52. The lowest BCUT2D eigenvalue weighted by Gasteiger charge is -2.11. The van der Waals surface area contributed by atoms with Crippen LogP contribution in [0.1, 0.15) is 0 Å². The zero-order valence-corrected chi connectivity index (χ0v) is 14.1. The molecule has 1 amide bonds. The van der Waals surface area contributed by atoms with Crippen LogP contribution in [0.4, 0.5) is 5.69 Å². The summed E-state index contributed by atoms with van der Waals surface area (Å²) in [6, 6.07) is 18.9. The van der Waals surface area contributed by atoms with Gasteiger partial charge in [0.1, 0.15) is 5.75 Å². The van der Waals surface area contributed by atoms with E-state index in [9.17, 15) is 4.79 Å². The highest BCUT2D eigenvalue weighted by Crippen LogP contribution is 2.29. The van der Waals surface area contributed by atoms with Crippen molar-refractivity contribution in [3.63, 3.8) is 0 Å². The van der Waals surface area contributed by atoms with Gasteiger partial charge < -0.3 is 19.5 Å². The van der Waals surface area contributed by atoms with Crippen LogP contribution in [0.25, 0.3) is 10.8 Å². The lowest BCUT2D eigenvalue weighted by Crippen LogP contribution is -2.20. The SMILES string of the molecule is COc1ccc(NC(=O)COc2ccc3ccccc3c2)cc1OC. The summed E-state index contributed by atoms with van der Waals surface area (Å²) < 4.78 is 16.0. The zero-order chi connectivity index (χ0) is 17.6. The Morgan fingerprint density at radius 3 is 2.40 bits per heavy atom. The Morgan fingerprint density at radius 2 is 1.64 bits per heavy atom. The quantitative estimate of drug-likeness (QED) is 0.742. The van der Waals surface area contributed by atoms with E-state index in [4.69, 9.17) is 14.2 Å². The molecule has 128 valence electrons. The van der Waals surface area contributed by atoms with Crippen molar-refractivity contribution in [2.45, 2.75) is 0 Å². The van der Waals surface area contributed by atoms with E-state index in [1.54, 1.807) is 32.4 Å². The van der Waals surface area contributed by atoms with E-state index >= 15 is 0 Å². The van der Waals surface area contributed by atoms with E-state index in [-0.39, 0.29) is 12.5 Å². The van der Waals surface area contributed by atoms with Crippen molar-refractivity contribution in [3.05, 3.63) is 60.7 Å². The largest absolute Gasteiger partial charge is 0.493 e. The Bertz CT molecular complexity index is 892. The van der Waals surface area contributed by atoms with Crippen LogP contribution in [-0.4, -0.2) is 26.7 Å². The van der Waals surface area contributed by atoms with Crippen LogP contribution >= 0.6 is 0 Å². The van der Waals surface area contributed by atoms with Gasteiger partial charge in [-0.2, -0.15) is 0 Å². The maximum absolute atomic E-state index is 12.1. The lowest BCUT2D eigenvalue weighted by atomic mass is 10.1. The van der Waals surface area contributed by atoms with Crippen molar-refractivity contribution < 1.29 is 19.0 Å². The van der Waals surface area contributed by atoms with Crippen molar-refractivity contribution in [1.82, 2.24) is 0 Å². The van der Waals surface area contributed by atoms with Crippen LogP contribution in [0.15, 0.2) is 60.7 Å². The second-order valence-electron chi connectivity index (χ2n) is 5.42. The van der Waals surface area contributed by atoms with Gasteiger partial charge in [-0.15, -0.1) is 0 Å². The Labute approximate surface area is 146 Å². The Hall–Kier alpha value is -3.21. The van der Waals surface area contributed by atoms with Crippen molar-refractivity contribution in [1.29, 1.82) is 0 Å². The number of fused-ring (bicyclic) bond motifs is 1. The molecule has 0 aliphatic rings. The van der Waals surface area contributed by atoms with Crippen molar-refractivity contribution in [3.8, 4) is 17.2 Å². The van der Waals surface area contributed by atoms with Crippen LogP contribution in [-0.2, 0) is 4.79 Å². The highest BCUT2D eigenvalue weighted by Gasteiger charge is 2.08. The maximum Gasteiger partial charge on any atom is 0.262 e. The van der Waals surface area contributed by atoms with E-state index in [2.05, 4.69) is 5.32 Å². The Kier molecular flexibility index (Phi) is 5.04. The van der Waals surface area contributed by atoms with Gasteiger partial charge in [0.05, 0.1) is 14.2 Å². The summed E-state index contributed by atoms with van der Waals surface area (Å²) >= 11 is 0. The summed E-state index contributed by atoms with van der Waals surface area (Å²) in [6.45, 7) is -0.0767. The summed E-state index contributed by atoms with van der Waals surface area (Å²) in [5, 5.41) is 4.97. The predicted octanol–water partition coefficient (Wildman–Crippen LogP) is 3.87. The average Bonchev–Trinajstić information content (AvgIpc) is 2.66. The molecule has 3 aromatic carbocycles. The van der Waals surface area contributed by atoms with Crippen molar-refractivity contribution in [2.75, 3.05) is 26.1 Å². The molecule has 0 saturated carbocycles. The van der Waals surface area contributed by atoms with E-state index in [1.807, 2.05) is 42.5 Å². The second-order valence-corrected chi connectivity index (χ2v) is 5.42. The summed E-state index contributed by atoms with van der Waals surface area (Å²) in [5.74, 6) is 1.56. The third kappa shape index (κ3) is 4.01. The van der Waals surface area contributed by atoms with Crippen molar-refractivity contribution in [2.24, 2.45) is 0 Å².